The van der Waals surface area contributed by atoms with Gasteiger partial charge in [-0.2, -0.15) is 0 Å². The molecule has 1 aromatic heterocycles. The fraction of sp³-hybridized carbons (Fsp3) is 0.350. The highest BCUT2D eigenvalue weighted by molar-refractivity contribution is 5.96. The molecule has 1 fully saturated rings. The van der Waals surface area contributed by atoms with Crippen LogP contribution in [0.5, 0.6) is 0 Å². The smallest absolute Gasteiger partial charge is 0.354 e. The molecule has 7 heteroatoms. The first kappa shape index (κ1) is 18.7. The zero-order chi connectivity index (χ0) is 19.4. The van der Waals surface area contributed by atoms with Gasteiger partial charge < -0.3 is 19.5 Å². The lowest BCUT2D eigenvalue weighted by Gasteiger charge is -2.15. The van der Waals surface area contributed by atoms with Crippen LogP contribution in [0.2, 0.25) is 0 Å². The van der Waals surface area contributed by atoms with Crippen LogP contribution in [-0.2, 0) is 16.6 Å². The van der Waals surface area contributed by atoms with Crippen LogP contribution >= 0.6 is 0 Å². The van der Waals surface area contributed by atoms with Crippen LogP contribution in [-0.4, -0.2) is 54.0 Å². The van der Waals surface area contributed by atoms with Gasteiger partial charge in [-0.1, -0.05) is 12.1 Å². The van der Waals surface area contributed by atoms with E-state index in [1.54, 1.807) is 40.8 Å². The monoisotopic (exact) mass is 369 g/mol. The van der Waals surface area contributed by atoms with Crippen LogP contribution in [0.15, 0.2) is 36.5 Å². The third-order valence-electron chi connectivity index (χ3n) is 4.70. The molecule has 0 unspecified atom stereocenters. The fourth-order valence-corrected chi connectivity index (χ4v) is 3.22. The van der Waals surface area contributed by atoms with Gasteiger partial charge in [0.05, 0.1) is 7.11 Å². The molecule has 1 aliphatic rings. The van der Waals surface area contributed by atoms with Gasteiger partial charge >= 0.3 is 5.97 Å². The van der Waals surface area contributed by atoms with Crippen molar-refractivity contribution in [3.05, 3.63) is 47.8 Å². The van der Waals surface area contributed by atoms with E-state index in [4.69, 9.17) is 4.74 Å². The van der Waals surface area contributed by atoms with E-state index in [-0.39, 0.29) is 11.8 Å². The number of nitrogens with one attached hydrogen (secondary N) is 1. The van der Waals surface area contributed by atoms with Gasteiger partial charge in [0, 0.05) is 50.4 Å². The minimum absolute atomic E-state index is 0.150. The predicted molar refractivity (Wildman–Crippen MR) is 100 cm³/mol. The Morgan fingerprint density at radius 1 is 1.22 bits per heavy atom. The Kier molecular flexibility index (Phi) is 5.59. The quantitative estimate of drug-likeness (QED) is 0.788. The van der Waals surface area contributed by atoms with Gasteiger partial charge in [0.2, 0.25) is 5.91 Å². The zero-order valence-corrected chi connectivity index (χ0v) is 15.5. The SMILES string of the molecule is COC(=O)c1cc(-c2cccc(C(=O)NCCN3CCCC3=O)c2)cn1C. The first-order valence-electron chi connectivity index (χ1n) is 8.90. The number of nitrogens with zero attached hydrogens (tertiary/aromatic N) is 2. The molecule has 0 spiro atoms. The van der Waals surface area contributed by atoms with E-state index in [1.807, 2.05) is 12.3 Å². The maximum Gasteiger partial charge on any atom is 0.354 e. The number of methoxy groups -OCH3 is 1. The molecular formula is C20H23N3O4. The molecule has 0 saturated carbocycles. The van der Waals surface area contributed by atoms with Crippen molar-refractivity contribution in [2.24, 2.45) is 7.05 Å². The molecule has 0 radical (unpaired) electrons. The summed E-state index contributed by atoms with van der Waals surface area (Å²) < 4.78 is 6.47. The molecule has 1 aromatic carbocycles. The summed E-state index contributed by atoms with van der Waals surface area (Å²) in [6.45, 7) is 1.72. The van der Waals surface area contributed by atoms with E-state index in [2.05, 4.69) is 5.32 Å². The van der Waals surface area contributed by atoms with E-state index >= 15 is 0 Å². The summed E-state index contributed by atoms with van der Waals surface area (Å²) in [5.41, 5.74) is 2.64. The maximum atomic E-state index is 12.4. The van der Waals surface area contributed by atoms with E-state index < -0.39 is 5.97 Å². The third-order valence-corrected chi connectivity index (χ3v) is 4.70. The van der Waals surface area contributed by atoms with Crippen molar-refractivity contribution in [2.75, 3.05) is 26.7 Å². The highest BCUT2D eigenvalue weighted by Crippen LogP contribution is 2.23. The number of rotatable bonds is 6. The first-order valence-corrected chi connectivity index (χ1v) is 8.90. The summed E-state index contributed by atoms with van der Waals surface area (Å²) >= 11 is 0. The topological polar surface area (TPSA) is 80.6 Å². The minimum Gasteiger partial charge on any atom is -0.464 e. The van der Waals surface area contributed by atoms with Gasteiger partial charge in [0.1, 0.15) is 5.69 Å². The molecule has 2 aromatic rings. The van der Waals surface area contributed by atoms with Crippen molar-refractivity contribution in [3.63, 3.8) is 0 Å². The second-order valence-electron chi connectivity index (χ2n) is 6.54. The maximum absolute atomic E-state index is 12.4. The largest absolute Gasteiger partial charge is 0.464 e. The molecule has 0 aliphatic carbocycles. The second kappa shape index (κ2) is 8.07. The van der Waals surface area contributed by atoms with Gasteiger partial charge in [-0.3, -0.25) is 9.59 Å². The Bertz CT molecular complexity index is 872. The normalized spacial score (nSPS) is 13.7. The average Bonchev–Trinajstić information content (AvgIpc) is 3.27. The van der Waals surface area contributed by atoms with Gasteiger partial charge in [0.15, 0.2) is 0 Å². The number of carbonyl (C=O) groups excluding carboxylic acids is 3. The lowest BCUT2D eigenvalue weighted by atomic mass is 10.1. The van der Waals surface area contributed by atoms with Crippen LogP contribution in [0, 0.1) is 0 Å². The van der Waals surface area contributed by atoms with Crippen LogP contribution in [0.4, 0.5) is 0 Å². The lowest BCUT2D eigenvalue weighted by molar-refractivity contribution is -0.127. The summed E-state index contributed by atoms with van der Waals surface area (Å²) in [4.78, 5) is 37.6. The number of aryl methyl sites for hydroxylation is 1. The number of esters is 1. The molecule has 2 amide bonds. The van der Waals surface area contributed by atoms with Crippen LogP contribution in [0.1, 0.15) is 33.7 Å². The average molecular weight is 369 g/mol. The van der Waals surface area contributed by atoms with Crippen molar-refractivity contribution in [3.8, 4) is 11.1 Å². The Morgan fingerprint density at radius 2 is 2.04 bits per heavy atom. The van der Waals surface area contributed by atoms with Crippen molar-refractivity contribution in [1.82, 2.24) is 14.8 Å². The summed E-state index contributed by atoms with van der Waals surface area (Å²) in [6, 6.07) is 8.95. The third kappa shape index (κ3) is 4.19. The van der Waals surface area contributed by atoms with Crippen molar-refractivity contribution < 1.29 is 19.1 Å². The molecule has 0 bridgehead atoms. The van der Waals surface area contributed by atoms with E-state index in [9.17, 15) is 14.4 Å². The molecule has 1 aliphatic heterocycles. The van der Waals surface area contributed by atoms with Gasteiger partial charge in [0.25, 0.3) is 5.91 Å². The van der Waals surface area contributed by atoms with E-state index in [0.29, 0.717) is 30.8 Å². The molecule has 7 nitrogen and oxygen atoms in total. The highest BCUT2D eigenvalue weighted by Gasteiger charge is 2.19. The Balaban J connectivity index is 1.67. The molecule has 1 saturated heterocycles. The van der Waals surface area contributed by atoms with Crippen LogP contribution in [0.25, 0.3) is 11.1 Å². The minimum atomic E-state index is -0.408. The van der Waals surface area contributed by atoms with Gasteiger partial charge in [-0.05, 0) is 30.2 Å². The summed E-state index contributed by atoms with van der Waals surface area (Å²) in [6.07, 6.45) is 3.31. The fourth-order valence-electron chi connectivity index (χ4n) is 3.22. The molecule has 3 rings (SSSR count). The van der Waals surface area contributed by atoms with Crippen LogP contribution < -0.4 is 5.32 Å². The molecule has 2 heterocycles. The number of benzene rings is 1. The number of ether oxygens (including phenoxy) is 1. The van der Waals surface area contributed by atoms with E-state index in [1.165, 1.54) is 7.11 Å². The second-order valence-corrected chi connectivity index (χ2v) is 6.54. The summed E-state index contributed by atoms with van der Waals surface area (Å²) in [5.74, 6) is -0.446. The lowest BCUT2D eigenvalue weighted by Crippen LogP contribution is -2.35. The van der Waals surface area contributed by atoms with Crippen LogP contribution in [0.3, 0.4) is 0 Å². The number of hydrogen-bond donors (Lipinski definition) is 1. The van der Waals surface area contributed by atoms with Crippen molar-refractivity contribution in [2.45, 2.75) is 12.8 Å². The highest BCUT2D eigenvalue weighted by atomic mass is 16.5. The van der Waals surface area contributed by atoms with Crippen molar-refractivity contribution in [1.29, 1.82) is 0 Å². The molecule has 142 valence electrons. The molecule has 27 heavy (non-hydrogen) atoms. The Morgan fingerprint density at radius 3 is 2.74 bits per heavy atom. The van der Waals surface area contributed by atoms with E-state index in [0.717, 1.165) is 24.1 Å². The molecular weight excluding hydrogens is 346 g/mol. The Labute approximate surface area is 157 Å². The standard InChI is InChI=1S/C20H23N3O4/c1-22-13-16(12-17(22)20(26)27-2)14-5-3-6-15(11-14)19(25)21-8-10-23-9-4-7-18(23)24/h3,5-6,11-13H,4,7-10H2,1-2H3,(H,21,25). The number of carbonyl (C=O) groups is 3. The zero-order valence-electron chi connectivity index (χ0n) is 15.5. The first-order chi connectivity index (χ1) is 13.0. The number of amides is 2. The van der Waals surface area contributed by atoms with Crippen molar-refractivity contribution >= 4 is 17.8 Å². The number of likely N-dealkylation sites (tertiary alicyclic amines) is 1. The van der Waals surface area contributed by atoms with Gasteiger partial charge in [-0.25, -0.2) is 4.79 Å². The summed E-state index contributed by atoms with van der Waals surface area (Å²) in [5, 5.41) is 2.86. The number of hydrogen-bond acceptors (Lipinski definition) is 4. The molecule has 0 atom stereocenters. The predicted octanol–water partition coefficient (Wildman–Crippen LogP) is 1.83. The van der Waals surface area contributed by atoms with Gasteiger partial charge in [-0.15, -0.1) is 0 Å². The molecule has 1 N–H and O–H groups in total. The number of aromatic nitrogens is 1. The Hall–Kier alpha value is -3.09. The summed E-state index contributed by atoms with van der Waals surface area (Å²) in [7, 11) is 3.11.